The van der Waals surface area contributed by atoms with E-state index in [9.17, 15) is 0 Å². The monoisotopic (exact) mass is 414 g/mol. The van der Waals surface area contributed by atoms with E-state index in [0.29, 0.717) is 11.3 Å². The molecule has 2 unspecified atom stereocenters. The molecule has 1 aliphatic rings. The Morgan fingerprint density at radius 3 is 2.13 bits per heavy atom. The number of unbranched alkanes of at least 4 members (excludes halogenated alkanes) is 6. The van der Waals surface area contributed by atoms with Gasteiger partial charge in [-0.05, 0) is 63.2 Å². The fourth-order valence-electron chi connectivity index (χ4n) is 5.38. The van der Waals surface area contributed by atoms with Gasteiger partial charge in [-0.2, -0.15) is 0 Å². The molecule has 0 heteroatoms. The molecule has 0 N–H and O–H groups in total. The van der Waals surface area contributed by atoms with E-state index in [2.05, 4.69) is 53.7 Å². The van der Waals surface area contributed by atoms with Gasteiger partial charge in [-0.25, -0.2) is 0 Å². The molecule has 0 nitrogen and oxygen atoms in total. The molecule has 1 saturated carbocycles. The molecule has 0 heterocycles. The summed E-state index contributed by atoms with van der Waals surface area (Å²) in [4.78, 5) is 0. The van der Waals surface area contributed by atoms with Gasteiger partial charge in [-0.3, -0.25) is 0 Å². The van der Waals surface area contributed by atoms with Crippen molar-refractivity contribution in [1.82, 2.24) is 0 Å². The van der Waals surface area contributed by atoms with Crippen molar-refractivity contribution in [2.75, 3.05) is 0 Å². The van der Waals surface area contributed by atoms with Crippen LogP contribution in [0.4, 0.5) is 0 Å². The third-order valence-corrected chi connectivity index (χ3v) is 7.61. The number of allylic oxidation sites excluding steroid dienone is 5. The van der Waals surface area contributed by atoms with Crippen LogP contribution in [0.15, 0.2) is 35.5 Å². The van der Waals surface area contributed by atoms with Gasteiger partial charge in [-0.1, -0.05) is 127 Å². The number of rotatable bonds is 17. The van der Waals surface area contributed by atoms with Crippen LogP contribution in [-0.2, 0) is 0 Å². The van der Waals surface area contributed by atoms with Crippen LogP contribution in [0.5, 0.6) is 0 Å². The Morgan fingerprint density at radius 2 is 1.57 bits per heavy atom. The molecular formula is C30H54. The summed E-state index contributed by atoms with van der Waals surface area (Å²) in [7, 11) is 0. The molecule has 0 amide bonds. The maximum absolute atomic E-state index is 4.76. The molecule has 0 saturated heterocycles. The van der Waals surface area contributed by atoms with Crippen LogP contribution in [0.2, 0.25) is 0 Å². The molecule has 2 atom stereocenters. The molecule has 1 rings (SSSR count). The second-order valence-electron chi connectivity index (χ2n) is 10.6. The molecule has 30 heavy (non-hydrogen) atoms. The van der Waals surface area contributed by atoms with Crippen molar-refractivity contribution in [3.05, 3.63) is 35.5 Å². The van der Waals surface area contributed by atoms with Gasteiger partial charge in [0.25, 0.3) is 0 Å². The van der Waals surface area contributed by atoms with E-state index in [-0.39, 0.29) is 0 Å². The van der Waals surface area contributed by atoms with Gasteiger partial charge in [0.05, 0.1) is 0 Å². The Kier molecular flexibility index (Phi) is 13.7. The maximum atomic E-state index is 4.76. The molecular weight excluding hydrogens is 360 g/mol. The van der Waals surface area contributed by atoms with Gasteiger partial charge in [0.1, 0.15) is 0 Å². The van der Waals surface area contributed by atoms with Gasteiger partial charge >= 0.3 is 0 Å². The Labute approximate surface area is 190 Å². The van der Waals surface area contributed by atoms with Crippen molar-refractivity contribution in [2.45, 2.75) is 138 Å². The Hall–Kier alpha value is -0.780. The molecule has 1 fully saturated rings. The first-order valence-corrected chi connectivity index (χ1v) is 13.4. The topological polar surface area (TPSA) is 0 Å². The number of hydrogen-bond acceptors (Lipinski definition) is 0. The first-order valence-electron chi connectivity index (χ1n) is 13.4. The standard InChI is InChI=1S/C30H54/c1-8-11-13-14-15-16-20-28(18-10-3)29(27(6)30(7)21-17-22-30)24-26(5)23-25(4)19-12-9-2/h19,23,28-29H,6,8-18,20-22,24H2,1-5,7H3/b25-19-,26-23+. The quantitative estimate of drug-likeness (QED) is 0.126. The summed E-state index contributed by atoms with van der Waals surface area (Å²) in [6.07, 6.45) is 25.1. The van der Waals surface area contributed by atoms with Gasteiger partial charge in [0.15, 0.2) is 0 Å². The minimum atomic E-state index is 0.408. The van der Waals surface area contributed by atoms with Gasteiger partial charge < -0.3 is 0 Å². The lowest BCUT2D eigenvalue weighted by Crippen LogP contribution is -2.33. The van der Waals surface area contributed by atoms with E-state index < -0.39 is 0 Å². The van der Waals surface area contributed by atoms with Gasteiger partial charge in [-0.15, -0.1) is 0 Å². The van der Waals surface area contributed by atoms with Crippen LogP contribution in [0.25, 0.3) is 0 Å². The molecule has 0 bridgehead atoms. The Morgan fingerprint density at radius 1 is 0.900 bits per heavy atom. The molecule has 174 valence electrons. The van der Waals surface area contributed by atoms with Crippen LogP contribution < -0.4 is 0 Å². The summed E-state index contributed by atoms with van der Waals surface area (Å²) < 4.78 is 0. The fraction of sp³-hybridized carbons (Fsp3) is 0.800. The zero-order valence-electron chi connectivity index (χ0n) is 21.6. The predicted octanol–water partition coefficient (Wildman–Crippen LogP) is 10.6. The zero-order chi connectivity index (χ0) is 22.4. The van der Waals surface area contributed by atoms with E-state index in [1.807, 2.05) is 0 Å². The van der Waals surface area contributed by atoms with Crippen LogP contribution in [0.3, 0.4) is 0 Å². The van der Waals surface area contributed by atoms with E-state index in [1.165, 1.54) is 102 Å². The van der Waals surface area contributed by atoms with Crippen molar-refractivity contribution < 1.29 is 0 Å². The van der Waals surface area contributed by atoms with E-state index >= 15 is 0 Å². The average molecular weight is 415 g/mol. The molecule has 0 aromatic carbocycles. The van der Waals surface area contributed by atoms with Crippen LogP contribution >= 0.6 is 0 Å². The molecule has 0 aromatic rings. The molecule has 0 aliphatic heterocycles. The highest BCUT2D eigenvalue weighted by Crippen LogP contribution is 2.51. The van der Waals surface area contributed by atoms with Crippen molar-refractivity contribution in [3.8, 4) is 0 Å². The van der Waals surface area contributed by atoms with Crippen molar-refractivity contribution in [1.29, 1.82) is 0 Å². The second kappa shape index (κ2) is 15.1. The Balaban J connectivity index is 2.87. The third kappa shape index (κ3) is 9.57. The third-order valence-electron chi connectivity index (χ3n) is 7.61. The average Bonchev–Trinajstić information content (AvgIpc) is 2.70. The minimum Gasteiger partial charge on any atom is -0.0990 e. The summed E-state index contributed by atoms with van der Waals surface area (Å²) in [5.41, 5.74) is 4.99. The summed E-state index contributed by atoms with van der Waals surface area (Å²) >= 11 is 0. The van der Waals surface area contributed by atoms with E-state index in [4.69, 9.17) is 6.58 Å². The molecule has 1 aliphatic carbocycles. The van der Waals surface area contributed by atoms with Gasteiger partial charge in [0, 0.05) is 0 Å². The zero-order valence-corrected chi connectivity index (χ0v) is 21.6. The van der Waals surface area contributed by atoms with Gasteiger partial charge in [0.2, 0.25) is 0 Å². The predicted molar refractivity (Wildman–Crippen MR) is 138 cm³/mol. The normalized spacial score (nSPS) is 18.7. The molecule has 0 spiro atoms. The van der Waals surface area contributed by atoms with Crippen molar-refractivity contribution in [3.63, 3.8) is 0 Å². The van der Waals surface area contributed by atoms with Crippen LogP contribution in [0, 0.1) is 17.3 Å². The minimum absolute atomic E-state index is 0.408. The fourth-order valence-corrected chi connectivity index (χ4v) is 5.38. The summed E-state index contributed by atoms with van der Waals surface area (Å²) in [5.74, 6) is 1.48. The SMILES string of the molecule is C=C(C(C/C(C)=C/C(C)=C\CCC)C(CCC)CCCCCCCC)C1(C)CCC1. The van der Waals surface area contributed by atoms with Crippen molar-refractivity contribution >= 4 is 0 Å². The summed E-state index contributed by atoms with van der Waals surface area (Å²) in [6, 6.07) is 0. The summed E-state index contributed by atoms with van der Waals surface area (Å²) in [5, 5.41) is 0. The highest BCUT2D eigenvalue weighted by Gasteiger charge is 2.39. The van der Waals surface area contributed by atoms with Crippen LogP contribution in [-0.4, -0.2) is 0 Å². The smallest absolute Gasteiger partial charge is 0.0116 e. The molecule has 0 aromatic heterocycles. The first-order chi connectivity index (χ1) is 14.4. The lowest BCUT2D eigenvalue weighted by molar-refractivity contribution is 0.170. The summed E-state index contributed by atoms with van der Waals surface area (Å²) in [6.45, 7) is 18.8. The second-order valence-corrected chi connectivity index (χ2v) is 10.6. The van der Waals surface area contributed by atoms with Crippen LogP contribution in [0.1, 0.15) is 138 Å². The number of hydrogen-bond donors (Lipinski definition) is 0. The van der Waals surface area contributed by atoms with E-state index in [0.717, 1.165) is 5.92 Å². The highest BCUT2D eigenvalue weighted by molar-refractivity contribution is 5.24. The highest BCUT2D eigenvalue weighted by atomic mass is 14.4. The van der Waals surface area contributed by atoms with Crippen molar-refractivity contribution in [2.24, 2.45) is 17.3 Å². The lowest BCUT2D eigenvalue weighted by Gasteiger charge is -2.45. The Bertz CT molecular complexity index is 528. The lowest BCUT2D eigenvalue weighted by atomic mass is 9.59. The maximum Gasteiger partial charge on any atom is -0.0116 e. The first kappa shape index (κ1) is 27.3. The van der Waals surface area contributed by atoms with E-state index in [1.54, 1.807) is 11.1 Å². The largest absolute Gasteiger partial charge is 0.0990 e. The molecule has 0 radical (unpaired) electrons.